The summed E-state index contributed by atoms with van der Waals surface area (Å²) >= 11 is 3.47. The fraction of sp³-hybridized carbons (Fsp3) is 0.176. The lowest BCUT2D eigenvalue weighted by Gasteiger charge is -2.03. The second-order valence-corrected chi connectivity index (χ2v) is 7.22. The van der Waals surface area contributed by atoms with Gasteiger partial charge in [-0.05, 0) is 59.3 Å². The van der Waals surface area contributed by atoms with Crippen molar-refractivity contribution in [2.75, 3.05) is 0 Å². The minimum absolute atomic E-state index is 0.271. The van der Waals surface area contributed by atoms with Crippen molar-refractivity contribution in [1.29, 1.82) is 0 Å². The topological polar surface area (TPSA) is 34.4 Å². The van der Waals surface area contributed by atoms with E-state index in [2.05, 4.69) is 34.5 Å². The van der Waals surface area contributed by atoms with Crippen LogP contribution in [0.4, 0.5) is 4.39 Å². The predicted octanol–water partition coefficient (Wildman–Crippen LogP) is 4.60. The van der Waals surface area contributed by atoms with E-state index in [1.807, 2.05) is 22.8 Å². The van der Waals surface area contributed by atoms with Gasteiger partial charge in [0.15, 0.2) is 4.80 Å². The molecule has 23 heavy (non-hydrogen) atoms. The lowest BCUT2D eigenvalue weighted by Crippen LogP contribution is -2.17. The number of hydrogen-bond acceptors (Lipinski definition) is 2. The first-order chi connectivity index (χ1) is 11.1. The lowest BCUT2D eigenvalue weighted by molar-refractivity contribution is 0.0997. The molecule has 1 heterocycles. The molecule has 0 aliphatic rings. The summed E-state index contributed by atoms with van der Waals surface area (Å²) in [5, 5.41) is 0. The molecule has 0 atom stereocenters. The Bertz CT molecular complexity index is 945. The van der Waals surface area contributed by atoms with E-state index in [-0.39, 0.29) is 11.7 Å². The first kappa shape index (κ1) is 16.3. The van der Waals surface area contributed by atoms with Crippen LogP contribution in [0.3, 0.4) is 0 Å². The zero-order valence-electron chi connectivity index (χ0n) is 12.4. The predicted molar refractivity (Wildman–Crippen MR) is 99.1 cm³/mol. The number of aryl methyl sites for hydroxylation is 1. The number of halogens is 2. The number of fused-ring (bicyclic) bond motifs is 1. The van der Waals surface area contributed by atoms with Gasteiger partial charge in [-0.15, -0.1) is 0 Å². The van der Waals surface area contributed by atoms with Gasteiger partial charge < -0.3 is 4.57 Å². The molecule has 0 bridgehead atoms. The number of carbonyl (C=O) groups is 1. The molecule has 6 heteroatoms. The van der Waals surface area contributed by atoms with Gasteiger partial charge in [0.05, 0.1) is 15.8 Å². The van der Waals surface area contributed by atoms with E-state index < -0.39 is 0 Å². The fourth-order valence-electron chi connectivity index (χ4n) is 2.35. The molecule has 0 fully saturated rings. The molecule has 2 aromatic carbocycles. The second kappa shape index (κ2) is 6.92. The van der Waals surface area contributed by atoms with Crippen molar-refractivity contribution in [2.45, 2.75) is 19.9 Å². The third-order valence-corrected chi connectivity index (χ3v) is 5.38. The Hall–Kier alpha value is -1.54. The maximum atomic E-state index is 13.4. The van der Waals surface area contributed by atoms with Gasteiger partial charge in [-0.2, -0.15) is 4.99 Å². The summed E-state index contributed by atoms with van der Waals surface area (Å²) < 4.78 is 17.1. The largest absolute Gasteiger partial charge is 0.316 e. The Morgan fingerprint density at radius 1 is 1.30 bits per heavy atom. The molecule has 0 spiro atoms. The average Bonchev–Trinajstić information content (AvgIpc) is 2.84. The molecule has 0 unspecified atom stereocenters. The number of thiazole rings is 1. The Morgan fingerprint density at radius 3 is 2.83 bits per heavy atom. The van der Waals surface area contributed by atoms with Crippen LogP contribution in [0.1, 0.15) is 23.7 Å². The Labute approximate surface area is 150 Å². The summed E-state index contributed by atoms with van der Waals surface area (Å²) in [6.07, 6.45) is 0.910. The van der Waals surface area contributed by atoms with Crippen LogP contribution < -0.4 is 4.80 Å². The highest BCUT2D eigenvalue weighted by molar-refractivity contribution is 14.1. The molecule has 0 N–H and O–H groups in total. The van der Waals surface area contributed by atoms with Gasteiger partial charge in [-0.1, -0.05) is 30.4 Å². The Morgan fingerprint density at radius 2 is 2.09 bits per heavy atom. The highest BCUT2D eigenvalue weighted by Gasteiger charge is 2.11. The van der Waals surface area contributed by atoms with Crippen LogP contribution in [0.5, 0.6) is 0 Å². The smallest absolute Gasteiger partial charge is 0.280 e. The van der Waals surface area contributed by atoms with Crippen LogP contribution in [-0.4, -0.2) is 10.5 Å². The summed E-state index contributed by atoms with van der Waals surface area (Å²) in [4.78, 5) is 17.4. The Balaban J connectivity index is 2.16. The molecule has 1 aromatic heterocycles. The van der Waals surface area contributed by atoms with E-state index in [0.29, 0.717) is 10.4 Å². The van der Waals surface area contributed by atoms with Gasteiger partial charge >= 0.3 is 0 Å². The zero-order chi connectivity index (χ0) is 16.4. The van der Waals surface area contributed by atoms with Crippen LogP contribution >= 0.6 is 33.9 Å². The summed E-state index contributed by atoms with van der Waals surface area (Å²) in [5.41, 5.74) is 1.49. The molecule has 3 rings (SSSR count). The van der Waals surface area contributed by atoms with Crippen LogP contribution in [0, 0.1) is 9.39 Å². The highest BCUT2D eigenvalue weighted by atomic mass is 127. The standard InChI is InChI=1S/C17H14FIN2OS/c1-2-9-21-14-8-7-11(18)10-15(14)23-17(21)20-16(22)12-5-3-4-6-13(12)19/h3-8,10H,2,9H2,1H3. The van der Waals surface area contributed by atoms with E-state index in [9.17, 15) is 9.18 Å². The molecule has 0 saturated heterocycles. The van der Waals surface area contributed by atoms with Crippen molar-refractivity contribution in [1.82, 2.24) is 4.57 Å². The van der Waals surface area contributed by atoms with Gasteiger partial charge in [0.25, 0.3) is 5.91 Å². The summed E-state index contributed by atoms with van der Waals surface area (Å²) in [6, 6.07) is 12.0. The monoisotopic (exact) mass is 440 g/mol. The highest BCUT2D eigenvalue weighted by Crippen LogP contribution is 2.19. The van der Waals surface area contributed by atoms with Crippen LogP contribution in [-0.2, 0) is 6.54 Å². The maximum Gasteiger partial charge on any atom is 0.280 e. The molecule has 118 valence electrons. The number of carbonyl (C=O) groups excluding carboxylic acids is 1. The number of amides is 1. The van der Waals surface area contributed by atoms with Crippen molar-refractivity contribution in [3.8, 4) is 0 Å². The van der Waals surface area contributed by atoms with Crippen molar-refractivity contribution in [2.24, 2.45) is 4.99 Å². The van der Waals surface area contributed by atoms with E-state index in [0.717, 1.165) is 26.8 Å². The first-order valence-corrected chi connectivity index (χ1v) is 9.12. The SMILES string of the molecule is CCCn1c(=NC(=O)c2ccccc2I)sc2cc(F)ccc21. The minimum atomic E-state index is -0.280. The first-order valence-electron chi connectivity index (χ1n) is 7.22. The van der Waals surface area contributed by atoms with Crippen LogP contribution in [0.15, 0.2) is 47.5 Å². The number of aromatic nitrogens is 1. The maximum absolute atomic E-state index is 13.4. The summed E-state index contributed by atoms with van der Waals surface area (Å²) in [7, 11) is 0. The number of benzene rings is 2. The van der Waals surface area contributed by atoms with E-state index in [1.165, 1.54) is 23.5 Å². The van der Waals surface area contributed by atoms with Gasteiger partial charge in [0, 0.05) is 10.1 Å². The van der Waals surface area contributed by atoms with Crippen LogP contribution in [0.25, 0.3) is 10.2 Å². The van der Waals surface area contributed by atoms with Crippen molar-refractivity contribution in [3.63, 3.8) is 0 Å². The molecule has 0 saturated carbocycles. The molecule has 0 aliphatic heterocycles. The summed E-state index contributed by atoms with van der Waals surface area (Å²) in [5.74, 6) is -0.551. The van der Waals surface area contributed by atoms with Crippen molar-refractivity contribution < 1.29 is 9.18 Å². The molecule has 3 nitrogen and oxygen atoms in total. The molecule has 0 radical (unpaired) electrons. The van der Waals surface area contributed by atoms with E-state index in [4.69, 9.17) is 0 Å². The summed E-state index contributed by atoms with van der Waals surface area (Å²) in [6.45, 7) is 2.80. The van der Waals surface area contributed by atoms with Gasteiger partial charge in [-0.3, -0.25) is 4.79 Å². The molecule has 0 aliphatic carbocycles. The lowest BCUT2D eigenvalue weighted by atomic mass is 10.2. The van der Waals surface area contributed by atoms with E-state index >= 15 is 0 Å². The molecule has 3 aromatic rings. The Kier molecular flexibility index (Phi) is 4.91. The minimum Gasteiger partial charge on any atom is -0.316 e. The van der Waals surface area contributed by atoms with Crippen LogP contribution in [0.2, 0.25) is 0 Å². The van der Waals surface area contributed by atoms with E-state index in [1.54, 1.807) is 12.1 Å². The number of nitrogens with zero attached hydrogens (tertiary/aromatic N) is 2. The zero-order valence-corrected chi connectivity index (χ0v) is 15.4. The van der Waals surface area contributed by atoms with Gasteiger partial charge in [0.1, 0.15) is 5.82 Å². The molecular weight excluding hydrogens is 426 g/mol. The van der Waals surface area contributed by atoms with Crippen molar-refractivity contribution in [3.05, 3.63) is 62.2 Å². The van der Waals surface area contributed by atoms with Gasteiger partial charge in [-0.25, -0.2) is 4.39 Å². The third kappa shape index (κ3) is 3.37. The fourth-order valence-corrected chi connectivity index (χ4v) is 4.05. The molecule has 1 amide bonds. The quantitative estimate of drug-likeness (QED) is 0.549. The molecular formula is C17H14FIN2OS. The number of rotatable bonds is 3. The third-order valence-electron chi connectivity index (χ3n) is 3.39. The number of hydrogen-bond donors (Lipinski definition) is 0. The average molecular weight is 440 g/mol. The van der Waals surface area contributed by atoms with Gasteiger partial charge in [0.2, 0.25) is 0 Å². The second-order valence-electron chi connectivity index (χ2n) is 5.05. The van der Waals surface area contributed by atoms with Crippen molar-refractivity contribution >= 4 is 50.1 Å². The normalized spacial score (nSPS) is 12.0.